The number of hydrogen-bond donors (Lipinski definition) is 1. The maximum absolute atomic E-state index is 9.97. The molecule has 6 rings (SSSR count). The van der Waals surface area contributed by atoms with Crippen molar-refractivity contribution < 1.29 is 9.52 Å². The van der Waals surface area contributed by atoms with Crippen LogP contribution >= 0.6 is 0 Å². The van der Waals surface area contributed by atoms with E-state index in [4.69, 9.17) is 4.42 Å². The van der Waals surface area contributed by atoms with Gasteiger partial charge in [-0.15, -0.1) is 0 Å². The molecular formula is C21H27NO2. The van der Waals surface area contributed by atoms with Gasteiger partial charge >= 0.3 is 0 Å². The van der Waals surface area contributed by atoms with E-state index < -0.39 is 0 Å². The van der Waals surface area contributed by atoms with Crippen LogP contribution in [0.25, 0.3) is 11.0 Å². The van der Waals surface area contributed by atoms with E-state index in [-0.39, 0.29) is 0 Å². The van der Waals surface area contributed by atoms with Crippen molar-refractivity contribution in [2.75, 3.05) is 6.54 Å². The van der Waals surface area contributed by atoms with E-state index >= 15 is 0 Å². The third-order valence-electron chi connectivity index (χ3n) is 6.81. The molecule has 0 radical (unpaired) electrons. The van der Waals surface area contributed by atoms with Crippen LogP contribution in [0.4, 0.5) is 0 Å². The van der Waals surface area contributed by atoms with Crippen molar-refractivity contribution in [3.8, 4) is 5.75 Å². The van der Waals surface area contributed by atoms with Crippen molar-refractivity contribution in [3.05, 3.63) is 29.5 Å². The SMILES string of the molecule is CCCC1Cc2c(oc3ccc(O)cc23)C2CC3CC(C)C2N1C3. The van der Waals surface area contributed by atoms with Gasteiger partial charge in [-0.05, 0) is 55.7 Å². The molecular weight excluding hydrogens is 298 g/mol. The van der Waals surface area contributed by atoms with Crippen molar-refractivity contribution >= 4 is 11.0 Å². The number of hydrogen-bond acceptors (Lipinski definition) is 3. The van der Waals surface area contributed by atoms with Gasteiger partial charge in [0.25, 0.3) is 0 Å². The van der Waals surface area contributed by atoms with E-state index in [9.17, 15) is 5.11 Å². The summed E-state index contributed by atoms with van der Waals surface area (Å²) in [6.07, 6.45) is 6.23. The van der Waals surface area contributed by atoms with Gasteiger partial charge in [-0.3, -0.25) is 4.90 Å². The van der Waals surface area contributed by atoms with E-state index in [0.717, 1.165) is 29.2 Å². The molecule has 24 heavy (non-hydrogen) atoms. The van der Waals surface area contributed by atoms with E-state index in [1.165, 1.54) is 43.6 Å². The Balaban J connectivity index is 1.70. The van der Waals surface area contributed by atoms with Crippen LogP contribution in [0, 0.1) is 11.8 Å². The zero-order chi connectivity index (χ0) is 16.4. The van der Waals surface area contributed by atoms with Crippen LogP contribution in [-0.2, 0) is 6.42 Å². The maximum atomic E-state index is 9.97. The first kappa shape index (κ1) is 14.8. The number of fused-ring (bicyclic) bond motifs is 4. The van der Waals surface area contributed by atoms with Gasteiger partial charge in [0.1, 0.15) is 17.1 Å². The Hall–Kier alpha value is -1.48. The molecule has 2 aromatic rings. The lowest BCUT2D eigenvalue weighted by Crippen LogP contribution is -2.58. The Kier molecular flexibility index (Phi) is 3.25. The average molecular weight is 325 g/mol. The number of benzene rings is 1. The lowest BCUT2D eigenvalue weighted by Gasteiger charge is -2.54. The second kappa shape index (κ2) is 5.26. The third kappa shape index (κ3) is 2.00. The van der Waals surface area contributed by atoms with Gasteiger partial charge in [0.2, 0.25) is 0 Å². The summed E-state index contributed by atoms with van der Waals surface area (Å²) in [7, 11) is 0. The molecule has 1 aliphatic carbocycles. The highest BCUT2D eigenvalue weighted by Gasteiger charge is 2.51. The molecule has 2 saturated heterocycles. The molecule has 3 fully saturated rings. The lowest BCUT2D eigenvalue weighted by atomic mass is 9.66. The molecule has 1 saturated carbocycles. The van der Waals surface area contributed by atoms with E-state index in [2.05, 4.69) is 18.7 Å². The number of nitrogens with zero attached hydrogens (tertiary/aromatic N) is 1. The fourth-order valence-electron chi connectivity index (χ4n) is 6.06. The van der Waals surface area contributed by atoms with Crippen molar-refractivity contribution in [3.63, 3.8) is 0 Å². The van der Waals surface area contributed by atoms with Gasteiger partial charge in [0.15, 0.2) is 0 Å². The van der Waals surface area contributed by atoms with Crippen LogP contribution in [0.5, 0.6) is 5.75 Å². The minimum Gasteiger partial charge on any atom is -0.508 e. The smallest absolute Gasteiger partial charge is 0.134 e. The molecule has 0 spiro atoms. The van der Waals surface area contributed by atoms with Crippen LogP contribution < -0.4 is 0 Å². The van der Waals surface area contributed by atoms with Crippen molar-refractivity contribution in [2.24, 2.45) is 11.8 Å². The first-order valence-corrected chi connectivity index (χ1v) is 9.65. The predicted molar refractivity (Wildman–Crippen MR) is 95.4 cm³/mol. The zero-order valence-electron chi connectivity index (χ0n) is 14.7. The van der Waals surface area contributed by atoms with E-state index in [0.29, 0.717) is 23.8 Å². The van der Waals surface area contributed by atoms with E-state index in [1.807, 2.05) is 12.1 Å². The third-order valence-corrected chi connectivity index (χ3v) is 6.81. The van der Waals surface area contributed by atoms with E-state index in [1.54, 1.807) is 6.07 Å². The number of phenolic OH excluding ortho intramolecular Hbond substituents is 1. The second-order valence-electron chi connectivity index (χ2n) is 8.38. The predicted octanol–water partition coefficient (Wildman–Crippen LogP) is 4.68. The molecule has 4 heterocycles. The highest BCUT2D eigenvalue weighted by molar-refractivity contribution is 5.84. The van der Waals surface area contributed by atoms with Gasteiger partial charge in [-0.25, -0.2) is 0 Å². The normalized spacial score (nSPS) is 37.4. The minimum absolute atomic E-state index is 0.348. The molecule has 4 bridgehead atoms. The summed E-state index contributed by atoms with van der Waals surface area (Å²) in [6, 6.07) is 6.86. The van der Waals surface area contributed by atoms with Gasteiger partial charge in [0.05, 0.1) is 0 Å². The Bertz CT molecular complexity index is 779. The zero-order valence-corrected chi connectivity index (χ0v) is 14.7. The van der Waals surface area contributed by atoms with Crippen molar-refractivity contribution in [1.82, 2.24) is 4.90 Å². The molecule has 4 aliphatic rings. The van der Waals surface area contributed by atoms with Gasteiger partial charge < -0.3 is 9.52 Å². The van der Waals surface area contributed by atoms with Gasteiger partial charge in [-0.1, -0.05) is 20.3 Å². The summed E-state index contributed by atoms with van der Waals surface area (Å²) in [5.74, 6) is 3.70. The molecule has 6 unspecified atom stereocenters. The molecule has 3 aliphatic heterocycles. The molecule has 3 heteroatoms. The highest BCUT2D eigenvalue weighted by atomic mass is 16.3. The van der Waals surface area contributed by atoms with Crippen LogP contribution in [0.3, 0.4) is 0 Å². The summed E-state index contributed by atoms with van der Waals surface area (Å²) in [5.41, 5.74) is 2.34. The second-order valence-corrected chi connectivity index (χ2v) is 8.38. The standard InChI is InChI=1S/C21H27NO2/c1-3-4-14-9-17-16-10-15(23)5-6-19(16)24-21(17)18-8-13-7-12(2)20(18)22(14)11-13/h5-6,10,12-14,18,20,23H,3-4,7-9,11H2,1-2H3. The quantitative estimate of drug-likeness (QED) is 0.871. The molecule has 1 N–H and O–H groups in total. The van der Waals surface area contributed by atoms with Crippen LogP contribution in [0.1, 0.15) is 56.8 Å². The molecule has 0 amide bonds. The van der Waals surface area contributed by atoms with Crippen molar-refractivity contribution in [1.29, 1.82) is 0 Å². The topological polar surface area (TPSA) is 36.6 Å². The average Bonchev–Trinajstić information content (AvgIpc) is 2.87. The molecule has 1 aromatic carbocycles. The first-order valence-electron chi connectivity index (χ1n) is 9.65. The van der Waals surface area contributed by atoms with Crippen LogP contribution in [0.2, 0.25) is 0 Å². The van der Waals surface area contributed by atoms with Crippen LogP contribution in [-0.4, -0.2) is 28.6 Å². The highest BCUT2D eigenvalue weighted by Crippen LogP contribution is 2.52. The monoisotopic (exact) mass is 325 g/mol. The van der Waals surface area contributed by atoms with Crippen LogP contribution in [0.15, 0.2) is 22.6 Å². The summed E-state index contributed by atoms with van der Waals surface area (Å²) in [5, 5.41) is 11.1. The largest absolute Gasteiger partial charge is 0.508 e. The van der Waals surface area contributed by atoms with Crippen molar-refractivity contribution in [2.45, 2.75) is 64.0 Å². The number of furan rings is 1. The molecule has 6 atom stereocenters. The lowest BCUT2D eigenvalue weighted by molar-refractivity contribution is -0.0375. The van der Waals surface area contributed by atoms with Gasteiger partial charge in [0, 0.05) is 35.5 Å². The Morgan fingerprint density at radius 3 is 2.96 bits per heavy atom. The number of rotatable bonds is 2. The summed E-state index contributed by atoms with van der Waals surface area (Å²) in [6.45, 7) is 6.02. The molecule has 1 aromatic heterocycles. The first-order chi connectivity index (χ1) is 11.7. The molecule has 128 valence electrons. The number of phenols is 1. The maximum Gasteiger partial charge on any atom is 0.134 e. The van der Waals surface area contributed by atoms with Gasteiger partial charge in [-0.2, -0.15) is 0 Å². The summed E-state index contributed by atoms with van der Waals surface area (Å²) >= 11 is 0. The fourth-order valence-corrected chi connectivity index (χ4v) is 6.06. The number of piperidine rings is 2. The minimum atomic E-state index is 0.348. The Morgan fingerprint density at radius 2 is 2.17 bits per heavy atom. The Morgan fingerprint density at radius 1 is 1.29 bits per heavy atom. The molecule has 3 nitrogen and oxygen atoms in total. The number of aromatic hydroxyl groups is 1. The summed E-state index contributed by atoms with van der Waals surface area (Å²) < 4.78 is 6.40. The fraction of sp³-hybridized carbons (Fsp3) is 0.619. The Labute approximate surface area is 143 Å². The summed E-state index contributed by atoms with van der Waals surface area (Å²) in [4.78, 5) is 2.83.